The van der Waals surface area contributed by atoms with Crippen molar-refractivity contribution in [2.75, 3.05) is 0 Å². The van der Waals surface area contributed by atoms with Gasteiger partial charge in [0.05, 0.1) is 5.54 Å². The van der Waals surface area contributed by atoms with Crippen LogP contribution < -0.4 is 4.98 Å². The fraction of sp³-hybridized carbons (Fsp3) is 0.615. The predicted molar refractivity (Wildman–Crippen MR) is 73.9 cm³/mol. The van der Waals surface area contributed by atoms with Gasteiger partial charge >= 0.3 is 0 Å². The van der Waals surface area contributed by atoms with E-state index in [-0.39, 0.29) is 0 Å². The average Bonchev–Trinajstić information content (AvgIpc) is 1.99. The predicted octanol–water partition coefficient (Wildman–Crippen LogP) is 3.21. The van der Waals surface area contributed by atoms with Crippen LogP contribution in [-0.2, 0) is 4.79 Å². The third-order valence-electron chi connectivity index (χ3n) is 2.48. The van der Waals surface area contributed by atoms with Crippen molar-refractivity contribution in [3.05, 3.63) is 22.9 Å². The van der Waals surface area contributed by atoms with Gasteiger partial charge in [0.15, 0.2) is 8.24 Å². The summed E-state index contributed by atoms with van der Waals surface area (Å²) in [5.74, 6) is 0. The van der Waals surface area contributed by atoms with Gasteiger partial charge in [0.1, 0.15) is 6.29 Å². The van der Waals surface area contributed by atoms with Gasteiger partial charge < -0.3 is 9.78 Å². The number of aldehydes is 1. The minimum absolute atomic E-state index is 0.466. The van der Waals surface area contributed by atoms with Crippen LogP contribution in [0.4, 0.5) is 0 Å². The number of hydrogen-bond donors (Lipinski definition) is 1. The summed E-state index contributed by atoms with van der Waals surface area (Å²) in [6.45, 7) is 18.6. The van der Waals surface area contributed by atoms with Gasteiger partial charge in [-0.3, -0.25) is 0 Å². The third-order valence-corrected chi connectivity index (χ3v) is 5.93. The maximum Gasteiger partial charge on any atom is 0.152 e. The van der Waals surface area contributed by atoms with E-state index in [1.54, 1.807) is 0 Å². The lowest BCUT2D eigenvalue weighted by Crippen LogP contribution is -2.58. The molecule has 3 heteroatoms. The van der Waals surface area contributed by atoms with Crippen LogP contribution in [0.15, 0.2) is 22.9 Å². The molecule has 0 atom stereocenters. The van der Waals surface area contributed by atoms with Crippen LogP contribution >= 0.6 is 0 Å². The highest BCUT2D eigenvalue weighted by atomic mass is 28.3. The molecular weight excluding hydrogens is 214 g/mol. The fourth-order valence-corrected chi connectivity index (χ4v) is 6.59. The molecule has 0 fully saturated rings. The largest absolute Gasteiger partial charge is 0.323 e. The van der Waals surface area contributed by atoms with Gasteiger partial charge in [-0.1, -0.05) is 30.8 Å². The maximum absolute atomic E-state index is 11.0. The second kappa shape index (κ2) is 5.10. The van der Waals surface area contributed by atoms with Gasteiger partial charge in [0.25, 0.3) is 0 Å². The Morgan fingerprint density at radius 3 is 1.94 bits per heavy atom. The summed E-state index contributed by atoms with van der Waals surface area (Å²) < 4.78 is 0. The van der Waals surface area contributed by atoms with E-state index in [1.807, 2.05) is 20.8 Å². The molecule has 0 amide bonds. The molecular formula is C13H25NOSi. The van der Waals surface area contributed by atoms with Crippen LogP contribution in [0.1, 0.15) is 34.6 Å². The first kappa shape index (κ1) is 15.3. The van der Waals surface area contributed by atoms with Crippen LogP contribution in [0.25, 0.3) is 0 Å². The van der Waals surface area contributed by atoms with Crippen molar-refractivity contribution in [3.63, 3.8) is 0 Å². The summed E-state index contributed by atoms with van der Waals surface area (Å²) in [5, 5.41) is 1.32. The van der Waals surface area contributed by atoms with Crippen molar-refractivity contribution < 1.29 is 4.79 Å². The Balaban J connectivity index is 5.27. The quantitative estimate of drug-likeness (QED) is 0.453. The zero-order valence-corrected chi connectivity index (χ0v) is 12.7. The zero-order chi connectivity index (χ0) is 13.1. The van der Waals surface area contributed by atoms with Crippen molar-refractivity contribution in [1.29, 1.82) is 0 Å². The molecule has 2 nitrogen and oxygen atoms in total. The molecule has 1 N–H and O–H groups in total. The molecule has 0 aromatic heterocycles. The lowest BCUT2D eigenvalue weighted by Gasteiger charge is -2.35. The number of rotatable bonds is 5. The monoisotopic (exact) mass is 239 g/mol. The normalized spacial score (nSPS) is 12.2. The Kier molecular flexibility index (Phi) is 4.89. The zero-order valence-electron chi connectivity index (χ0n) is 11.7. The van der Waals surface area contributed by atoms with Crippen molar-refractivity contribution >= 4 is 14.5 Å². The molecule has 0 spiro atoms. The van der Waals surface area contributed by atoms with E-state index in [0.717, 1.165) is 11.9 Å². The van der Waals surface area contributed by atoms with Crippen molar-refractivity contribution in [3.8, 4) is 0 Å². The molecule has 16 heavy (non-hydrogen) atoms. The van der Waals surface area contributed by atoms with Crippen LogP contribution in [0.3, 0.4) is 0 Å². The van der Waals surface area contributed by atoms with E-state index in [4.69, 9.17) is 0 Å². The minimum Gasteiger partial charge on any atom is -0.323 e. The highest BCUT2D eigenvalue weighted by Gasteiger charge is 2.33. The molecule has 0 aromatic carbocycles. The van der Waals surface area contributed by atoms with Gasteiger partial charge in [0.2, 0.25) is 0 Å². The summed E-state index contributed by atoms with van der Waals surface area (Å²) in [6, 6.07) is 0. The molecule has 0 bridgehead atoms. The molecule has 0 aliphatic carbocycles. The van der Waals surface area contributed by atoms with E-state index < -0.39 is 13.8 Å². The van der Waals surface area contributed by atoms with E-state index in [9.17, 15) is 4.79 Å². The summed E-state index contributed by atoms with van der Waals surface area (Å²) in [7, 11) is -1.82. The molecule has 92 valence electrons. The van der Waals surface area contributed by atoms with Crippen LogP contribution in [-0.4, -0.2) is 20.1 Å². The standard InChI is InChI=1S/C13H25NOSi/c1-10(2)12(11(3)4)16(7,8)14-13(5,6)9-15/h9,14H,1H2,2-8H3. The number of hydrogen-bond acceptors (Lipinski definition) is 2. The smallest absolute Gasteiger partial charge is 0.152 e. The molecule has 0 saturated heterocycles. The second-order valence-corrected chi connectivity index (χ2v) is 9.74. The molecule has 0 aromatic rings. The maximum atomic E-state index is 11.0. The van der Waals surface area contributed by atoms with Gasteiger partial charge in [-0.05, 0) is 39.8 Å². The Labute approximate surface area is 101 Å². The summed E-state index contributed by atoms with van der Waals surface area (Å²) in [5.41, 5.74) is 1.93. The summed E-state index contributed by atoms with van der Waals surface area (Å²) in [4.78, 5) is 14.5. The Bertz CT molecular complexity index is 323. The van der Waals surface area contributed by atoms with E-state index in [2.05, 4.69) is 38.5 Å². The molecule has 0 aliphatic heterocycles. The number of carbonyl (C=O) groups is 1. The van der Waals surface area contributed by atoms with E-state index in [1.165, 1.54) is 10.8 Å². The lowest BCUT2D eigenvalue weighted by molar-refractivity contribution is -0.111. The third kappa shape index (κ3) is 4.06. The van der Waals surface area contributed by atoms with Crippen molar-refractivity contribution in [1.82, 2.24) is 4.98 Å². The molecule has 0 unspecified atom stereocenters. The number of nitrogens with one attached hydrogen (secondary N) is 1. The molecule has 0 radical (unpaired) electrons. The molecule has 0 aliphatic rings. The Morgan fingerprint density at radius 2 is 1.69 bits per heavy atom. The van der Waals surface area contributed by atoms with Gasteiger partial charge in [-0.15, -0.1) is 0 Å². The van der Waals surface area contributed by atoms with Crippen LogP contribution in [0, 0.1) is 0 Å². The summed E-state index contributed by atoms with van der Waals surface area (Å²) in [6.07, 6.45) is 0.975. The highest BCUT2D eigenvalue weighted by Crippen LogP contribution is 2.24. The first-order chi connectivity index (χ1) is 7.03. The summed E-state index contributed by atoms with van der Waals surface area (Å²) >= 11 is 0. The molecule has 0 rings (SSSR count). The number of carbonyl (C=O) groups excluding carboxylic acids is 1. The van der Waals surface area contributed by atoms with Crippen LogP contribution in [0.2, 0.25) is 13.1 Å². The fourth-order valence-electron chi connectivity index (χ4n) is 2.48. The van der Waals surface area contributed by atoms with E-state index in [0.29, 0.717) is 0 Å². The van der Waals surface area contributed by atoms with Crippen LogP contribution in [0.5, 0.6) is 0 Å². The highest BCUT2D eigenvalue weighted by molar-refractivity contribution is 6.83. The van der Waals surface area contributed by atoms with Gasteiger partial charge in [-0.2, -0.15) is 0 Å². The molecule has 0 heterocycles. The Hall–Kier alpha value is -0.673. The first-order valence-corrected chi connectivity index (χ1v) is 8.63. The van der Waals surface area contributed by atoms with Crippen molar-refractivity contribution in [2.24, 2.45) is 0 Å². The first-order valence-electron chi connectivity index (χ1n) is 5.63. The topological polar surface area (TPSA) is 29.1 Å². The molecule has 0 saturated carbocycles. The Morgan fingerprint density at radius 1 is 1.25 bits per heavy atom. The van der Waals surface area contributed by atoms with Gasteiger partial charge in [0, 0.05) is 0 Å². The SMILES string of the molecule is C=C(C)C(=C(C)C)[Si](C)(C)NC(C)(C)C=O. The van der Waals surface area contributed by atoms with E-state index >= 15 is 0 Å². The average molecular weight is 239 g/mol. The number of allylic oxidation sites excluding steroid dienone is 3. The lowest BCUT2D eigenvalue weighted by atomic mass is 10.1. The minimum atomic E-state index is -1.82. The second-order valence-electron chi connectivity index (χ2n) is 5.74. The van der Waals surface area contributed by atoms with Gasteiger partial charge in [-0.25, -0.2) is 0 Å². The van der Waals surface area contributed by atoms with Crippen molar-refractivity contribution in [2.45, 2.75) is 53.3 Å².